The number of hydrogen-bond donors (Lipinski definition) is 1. The fraction of sp³-hybridized carbons (Fsp3) is 0.333. The minimum absolute atomic E-state index is 0.0184. The van der Waals surface area contributed by atoms with Crippen LogP contribution in [0.25, 0.3) is 0 Å². The van der Waals surface area contributed by atoms with Gasteiger partial charge >= 0.3 is 0 Å². The molecule has 3 rings (SSSR count). The maximum atomic E-state index is 12.6. The van der Waals surface area contributed by atoms with Crippen LogP contribution in [0.3, 0.4) is 0 Å². The molecule has 1 atom stereocenters. The summed E-state index contributed by atoms with van der Waals surface area (Å²) in [6.45, 7) is 1.18. The first-order chi connectivity index (χ1) is 12.7. The largest absolute Gasteiger partial charge is 0.497 e. The van der Waals surface area contributed by atoms with Crippen molar-refractivity contribution in [3.05, 3.63) is 60.2 Å². The summed E-state index contributed by atoms with van der Waals surface area (Å²) in [6, 6.07) is 17.0. The Hall–Kier alpha value is -2.82. The molecule has 1 N–H and O–H groups in total. The van der Waals surface area contributed by atoms with E-state index in [2.05, 4.69) is 5.32 Å². The lowest BCUT2D eigenvalue weighted by atomic mass is 9.96. The zero-order valence-electron chi connectivity index (χ0n) is 15.0. The number of methoxy groups -OCH3 is 1. The molecule has 1 heterocycles. The van der Waals surface area contributed by atoms with Crippen molar-refractivity contribution < 1.29 is 14.3 Å². The van der Waals surface area contributed by atoms with Gasteiger partial charge in [0.2, 0.25) is 11.8 Å². The second-order valence-corrected chi connectivity index (χ2v) is 6.56. The van der Waals surface area contributed by atoms with Gasteiger partial charge < -0.3 is 15.0 Å². The van der Waals surface area contributed by atoms with Crippen molar-refractivity contribution in [2.24, 2.45) is 5.92 Å². The number of hydrogen-bond acceptors (Lipinski definition) is 3. The molecule has 0 aromatic heterocycles. The second kappa shape index (κ2) is 8.52. The number of carbonyl (C=O) groups is 2. The van der Waals surface area contributed by atoms with Crippen molar-refractivity contribution in [2.45, 2.75) is 19.3 Å². The lowest BCUT2D eigenvalue weighted by Gasteiger charge is -2.32. The predicted molar refractivity (Wildman–Crippen MR) is 101 cm³/mol. The first-order valence-corrected chi connectivity index (χ1v) is 8.92. The van der Waals surface area contributed by atoms with Crippen LogP contribution in [0, 0.1) is 5.92 Å². The quantitative estimate of drug-likeness (QED) is 0.899. The topological polar surface area (TPSA) is 58.6 Å². The lowest BCUT2D eigenvalue weighted by Crippen LogP contribution is -2.44. The van der Waals surface area contributed by atoms with Crippen molar-refractivity contribution in [1.29, 1.82) is 0 Å². The minimum Gasteiger partial charge on any atom is -0.497 e. The third-order valence-corrected chi connectivity index (χ3v) is 4.68. The lowest BCUT2D eigenvalue weighted by molar-refractivity contribution is -0.133. The molecule has 136 valence electrons. The van der Waals surface area contributed by atoms with Gasteiger partial charge in [-0.05, 0) is 42.7 Å². The first kappa shape index (κ1) is 18.0. The Morgan fingerprint density at radius 3 is 2.73 bits per heavy atom. The van der Waals surface area contributed by atoms with Crippen LogP contribution in [0.1, 0.15) is 18.4 Å². The molecule has 1 fully saturated rings. The Labute approximate surface area is 154 Å². The average molecular weight is 352 g/mol. The zero-order chi connectivity index (χ0) is 18.4. The highest BCUT2D eigenvalue weighted by Crippen LogP contribution is 2.20. The molecule has 26 heavy (non-hydrogen) atoms. The maximum Gasteiger partial charge on any atom is 0.229 e. The number of nitrogens with zero attached hydrogens (tertiary/aromatic N) is 1. The van der Waals surface area contributed by atoms with Crippen LogP contribution in [-0.4, -0.2) is 36.9 Å². The third-order valence-electron chi connectivity index (χ3n) is 4.68. The van der Waals surface area contributed by atoms with Gasteiger partial charge in [0.15, 0.2) is 0 Å². The minimum atomic E-state index is -0.168. The molecule has 1 saturated heterocycles. The molecule has 0 radical (unpaired) electrons. The van der Waals surface area contributed by atoms with Gasteiger partial charge in [0.25, 0.3) is 0 Å². The molecule has 5 heteroatoms. The van der Waals surface area contributed by atoms with E-state index in [0.717, 1.165) is 29.8 Å². The summed E-state index contributed by atoms with van der Waals surface area (Å²) in [6.07, 6.45) is 1.97. The van der Waals surface area contributed by atoms with Crippen molar-refractivity contribution in [2.75, 3.05) is 25.5 Å². The third kappa shape index (κ3) is 4.63. The molecule has 0 aliphatic carbocycles. The van der Waals surface area contributed by atoms with Crippen molar-refractivity contribution >= 4 is 17.5 Å². The molecule has 2 aromatic carbocycles. The fourth-order valence-corrected chi connectivity index (χ4v) is 3.25. The standard InChI is InChI=1S/C21H24N2O3/c1-26-19-11-5-7-16(13-19)14-20(24)23-12-6-8-17(15-23)21(25)22-18-9-3-2-4-10-18/h2-5,7,9-11,13,17H,6,8,12,14-15H2,1H3,(H,22,25). The van der Waals surface area contributed by atoms with Crippen LogP contribution in [0.4, 0.5) is 5.69 Å². The van der Waals surface area contributed by atoms with E-state index in [9.17, 15) is 9.59 Å². The number of rotatable bonds is 5. The van der Waals surface area contributed by atoms with Crippen LogP contribution in [-0.2, 0) is 16.0 Å². The fourth-order valence-electron chi connectivity index (χ4n) is 3.25. The summed E-state index contributed by atoms with van der Waals surface area (Å²) in [5, 5.41) is 2.94. The monoisotopic (exact) mass is 352 g/mol. The van der Waals surface area contributed by atoms with E-state index in [-0.39, 0.29) is 17.7 Å². The molecular formula is C21H24N2O3. The number of piperidine rings is 1. The first-order valence-electron chi connectivity index (χ1n) is 8.92. The number of para-hydroxylation sites is 1. The number of anilines is 1. The second-order valence-electron chi connectivity index (χ2n) is 6.56. The number of benzene rings is 2. The highest BCUT2D eigenvalue weighted by Gasteiger charge is 2.28. The van der Waals surface area contributed by atoms with E-state index in [1.165, 1.54) is 0 Å². The summed E-state index contributed by atoms with van der Waals surface area (Å²) < 4.78 is 5.21. The Morgan fingerprint density at radius 1 is 1.15 bits per heavy atom. The highest BCUT2D eigenvalue weighted by atomic mass is 16.5. The van der Waals surface area contributed by atoms with Gasteiger partial charge in [0.1, 0.15) is 5.75 Å². The molecule has 2 amide bonds. The van der Waals surface area contributed by atoms with Crippen LogP contribution >= 0.6 is 0 Å². The number of amides is 2. The molecule has 5 nitrogen and oxygen atoms in total. The molecule has 0 saturated carbocycles. The van der Waals surface area contributed by atoms with Gasteiger partial charge in [-0.25, -0.2) is 0 Å². The molecule has 0 spiro atoms. The normalized spacial score (nSPS) is 16.8. The number of likely N-dealkylation sites (tertiary alicyclic amines) is 1. The van der Waals surface area contributed by atoms with Gasteiger partial charge in [-0.2, -0.15) is 0 Å². The van der Waals surface area contributed by atoms with Crippen molar-refractivity contribution in [1.82, 2.24) is 4.90 Å². The summed E-state index contributed by atoms with van der Waals surface area (Å²) in [5.41, 5.74) is 1.71. The Bertz CT molecular complexity index is 761. The van der Waals surface area contributed by atoms with Crippen LogP contribution in [0.2, 0.25) is 0 Å². The molecular weight excluding hydrogens is 328 g/mol. The van der Waals surface area contributed by atoms with Gasteiger partial charge in [-0.3, -0.25) is 9.59 Å². The smallest absolute Gasteiger partial charge is 0.229 e. The van der Waals surface area contributed by atoms with E-state index >= 15 is 0 Å². The zero-order valence-corrected chi connectivity index (χ0v) is 15.0. The highest BCUT2D eigenvalue weighted by molar-refractivity contribution is 5.93. The van der Waals surface area contributed by atoms with Gasteiger partial charge in [0.05, 0.1) is 19.4 Å². The number of carbonyl (C=O) groups excluding carboxylic acids is 2. The summed E-state index contributed by atoms with van der Waals surface area (Å²) in [4.78, 5) is 27.0. The van der Waals surface area contributed by atoms with Crippen molar-refractivity contribution in [3.63, 3.8) is 0 Å². The number of ether oxygens (including phenoxy) is 1. The van der Waals surface area contributed by atoms with E-state index in [1.54, 1.807) is 12.0 Å². The van der Waals surface area contributed by atoms with E-state index < -0.39 is 0 Å². The van der Waals surface area contributed by atoms with E-state index in [4.69, 9.17) is 4.74 Å². The Kier molecular flexibility index (Phi) is 5.89. The predicted octanol–water partition coefficient (Wildman–Crippen LogP) is 3.12. The molecule has 1 unspecified atom stereocenters. The number of nitrogens with one attached hydrogen (secondary N) is 1. The van der Waals surface area contributed by atoms with Crippen molar-refractivity contribution in [3.8, 4) is 5.75 Å². The van der Waals surface area contributed by atoms with Gasteiger partial charge in [-0.1, -0.05) is 30.3 Å². The molecule has 0 bridgehead atoms. The average Bonchev–Trinajstić information content (AvgIpc) is 2.69. The molecule has 1 aliphatic rings. The Morgan fingerprint density at radius 2 is 1.96 bits per heavy atom. The van der Waals surface area contributed by atoms with E-state index in [0.29, 0.717) is 19.5 Å². The SMILES string of the molecule is COc1cccc(CC(=O)N2CCCC(C(=O)Nc3ccccc3)C2)c1. The summed E-state index contributed by atoms with van der Waals surface area (Å²) in [5.74, 6) is 0.609. The molecule has 2 aromatic rings. The van der Waals surface area contributed by atoms with E-state index in [1.807, 2.05) is 54.6 Å². The van der Waals surface area contributed by atoms with Crippen LogP contribution < -0.4 is 10.1 Å². The summed E-state index contributed by atoms with van der Waals surface area (Å²) >= 11 is 0. The van der Waals surface area contributed by atoms with Gasteiger partial charge in [0, 0.05) is 18.8 Å². The molecule has 1 aliphatic heterocycles. The summed E-state index contributed by atoms with van der Waals surface area (Å²) in [7, 11) is 1.61. The van der Waals surface area contributed by atoms with Crippen LogP contribution in [0.5, 0.6) is 5.75 Å². The van der Waals surface area contributed by atoms with Gasteiger partial charge in [-0.15, -0.1) is 0 Å². The maximum absolute atomic E-state index is 12.6. The Balaban J connectivity index is 1.58. The van der Waals surface area contributed by atoms with Crippen LogP contribution in [0.15, 0.2) is 54.6 Å².